The van der Waals surface area contributed by atoms with Gasteiger partial charge in [-0.25, -0.2) is 4.52 Å². The maximum absolute atomic E-state index is 11.1. The van der Waals surface area contributed by atoms with Crippen molar-refractivity contribution < 1.29 is 52.1 Å². The lowest BCUT2D eigenvalue weighted by atomic mass is 10.2. The van der Waals surface area contributed by atoms with E-state index in [0.717, 1.165) is 0 Å². The van der Waals surface area contributed by atoms with Gasteiger partial charge in [-0.3, -0.25) is 0 Å². The number of hydrogen-bond acceptors (Lipinski definition) is 15. The van der Waals surface area contributed by atoms with Gasteiger partial charge in [-0.1, -0.05) is 114 Å². The Bertz CT molecular complexity index is 3130. The number of nitrogens with zero attached hydrogens (tertiary/aromatic N) is 4. The number of phenolic OH excluding ortho intramolecular Hbond substituents is 3. The van der Waals surface area contributed by atoms with Crippen LogP contribution in [0, 0.1) is 0 Å². The second kappa shape index (κ2) is 20.6. The molecule has 3 N–H and O–H groups in total. The summed E-state index contributed by atoms with van der Waals surface area (Å²) >= 11 is 0. The van der Waals surface area contributed by atoms with Crippen molar-refractivity contribution in [1.29, 1.82) is 0 Å². The fourth-order valence-electron chi connectivity index (χ4n) is 6.02. The van der Waals surface area contributed by atoms with Crippen LogP contribution >= 0.6 is 31.9 Å². The molecule has 15 nitrogen and oxygen atoms in total. The van der Waals surface area contributed by atoms with Crippen LogP contribution in [0.15, 0.2) is 224 Å². The van der Waals surface area contributed by atoms with Gasteiger partial charge in [0.25, 0.3) is 0 Å². The summed E-state index contributed by atoms with van der Waals surface area (Å²) in [6.07, 6.45) is 0. The standard InChI is InChI=1S/C48H36N4O11P4/c53-39-27-13-16-30-42(39)56-45-33-34-46(48(58-44-32-18-15-29-41(44)55)47(45)57-43-31-17-14-28-40(43)54)63-66(60-36-21-7-2-8-22-36)50-64-49-65(59-35-19-5-1-6-20-35)51-67(52-66,61-37-23-9-3-10-24-37)62-38-25-11-4-12-26-38/h1-34H,(H2-,53,54,55)/p+1. The highest BCUT2D eigenvalue weighted by Crippen LogP contribution is 2.71. The van der Waals surface area contributed by atoms with Gasteiger partial charge in [0, 0.05) is 4.52 Å². The Labute approximate surface area is 387 Å². The molecular weight excluding hydrogens is 932 g/mol. The molecule has 334 valence electrons. The average Bonchev–Trinajstić information content (AvgIpc) is 3.33. The molecule has 9 rings (SSSR count). The quantitative estimate of drug-likeness (QED) is 0.0783. The Morgan fingerprint density at radius 3 is 1.24 bits per heavy atom. The third-order valence-corrected chi connectivity index (χ3v) is 16.7. The molecule has 2 atom stereocenters. The molecule has 0 saturated heterocycles. The van der Waals surface area contributed by atoms with Gasteiger partial charge in [0.2, 0.25) is 20.0 Å². The van der Waals surface area contributed by atoms with Crippen molar-refractivity contribution in [2.75, 3.05) is 0 Å². The van der Waals surface area contributed by atoms with Gasteiger partial charge in [0.05, 0.1) is 4.52 Å². The number of hydrogen-bond donors (Lipinski definition) is 3. The number of phenols is 3. The van der Waals surface area contributed by atoms with Crippen LogP contribution in [0.25, 0.3) is 0 Å². The third kappa shape index (κ3) is 11.2. The van der Waals surface area contributed by atoms with E-state index in [0.29, 0.717) is 23.0 Å². The highest BCUT2D eigenvalue weighted by molar-refractivity contribution is 7.72. The van der Waals surface area contributed by atoms with E-state index in [9.17, 15) is 15.3 Å². The molecule has 0 spiro atoms. The molecule has 67 heavy (non-hydrogen) atoms. The first-order valence-electron chi connectivity index (χ1n) is 20.2. The lowest BCUT2D eigenvalue weighted by Gasteiger charge is -2.26. The van der Waals surface area contributed by atoms with Crippen molar-refractivity contribution in [1.82, 2.24) is 0 Å². The maximum Gasteiger partial charge on any atom is 0.602 e. The Kier molecular flexibility index (Phi) is 13.7. The molecule has 19 heteroatoms. The van der Waals surface area contributed by atoms with Crippen LogP contribution in [0.1, 0.15) is 0 Å². The summed E-state index contributed by atoms with van der Waals surface area (Å²) in [5, 5.41) is 32.9. The minimum Gasteiger partial charge on any atom is -0.504 e. The van der Waals surface area contributed by atoms with Crippen LogP contribution in [0.4, 0.5) is 0 Å². The Morgan fingerprint density at radius 2 is 0.761 bits per heavy atom. The van der Waals surface area contributed by atoms with Crippen LogP contribution in [-0.4, -0.2) is 15.3 Å². The van der Waals surface area contributed by atoms with E-state index >= 15 is 0 Å². The molecule has 2 unspecified atom stereocenters. The van der Waals surface area contributed by atoms with Crippen molar-refractivity contribution in [3.8, 4) is 80.5 Å². The Balaban J connectivity index is 1.31. The Morgan fingerprint density at radius 1 is 0.373 bits per heavy atom. The van der Waals surface area contributed by atoms with E-state index in [2.05, 4.69) is 0 Å². The summed E-state index contributed by atoms with van der Waals surface area (Å²) in [5.74, 6) is 0.415. The topological polar surface area (TPSA) is 184 Å². The first-order valence-corrected chi connectivity index (χ1v) is 25.2. The minimum absolute atomic E-state index is 0.000995. The summed E-state index contributed by atoms with van der Waals surface area (Å²) in [6.45, 7) is 0. The number of rotatable bonds is 16. The van der Waals surface area contributed by atoms with Gasteiger partial charge in [-0.15, -0.1) is 4.52 Å². The molecule has 8 aromatic carbocycles. The lowest BCUT2D eigenvalue weighted by Crippen LogP contribution is -2.06. The van der Waals surface area contributed by atoms with E-state index in [1.807, 2.05) is 36.4 Å². The first kappa shape index (κ1) is 44.4. The molecule has 0 radical (unpaired) electrons. The molecular formula is C48H37N4O11P4+. The summed E-state index contributed by atoms with van der Waals surface area (Å²) in [4.78, 5) is 0. The molecule has 0 amide bonds. The van der Waals surface area contributed by atoms with E-state index in [1.54, 1.807) is 127 Å². The highest BCUT2D eigenvalue weighted by atomic mass is 31.3. The molecule has 0 bridgehead atoms. The predicted octanol–water partition coefficient (Wildman–Crippen LogP) is 16.3. The van der Waals surface area contributed by atoms with Gasteiger partial charge < -0.3 is 47.6 Å². The number of benzene rings is 8. The zero-order chi connectivity index (χ0) is 45.9. The van der Waals surface area contributed by atoms with Crippen molar-refractivity contribution in [2.24, 2.45) is 18.1 Å². The number of aromatic hydroxyl groups is 3. The Hall–Kier alpha value is -7.78. The van der Waals surface area contributed by atoms with Crippen molar-refractivity contribution in [2.45, 2.75) is 0 Å². The monoisotopic (exact) mass is 969 g/mol. The zero-order valence-electron chi connectivity index (χ0n) is 34.8. The number of ether oxygens (including phenoxy) is 3. The fourth-order valence-corrected chi connectivity index (χ4v) is 13.9. The average molecular weight is 970 g/mol. The minimum atomic E-state index is -4.28. The molecule has 0 aromatic heterocycles. The van der Waals surface area contributed by atoms with Gasteiger partial charge >= 0.3 is 23.4 Å². The molecule has 0 fully saturated rings. The van der Waals surface area contributed by atoms with E-state index in [1.165, 1.54) is 42.5 Å². The van der Waals surface area contributed by atoms with Crippen LogP contribution in [0.2, 0.25) is 0 Å². The number of para-hydroxylation sites is 10. The molecule has 1 aliphatic rings. The van der Waals surface area contributed by atoms with Crippen molar-refractivity contribution in [3.63, 3.8) is 0 Å². The van der Waals surface area contributed by atoms with Crippen LogP contribution in [0.3, 0.4) is 0 Å². The molecule has 0 aliphatic carbocycles. The second-order valence-electron chi connectivity index (χ2n) is 13.8. The van der Waals surface area contributed by atoms with Gasteiger partial charge in [0.15, 0.2) is 51.7 Å². The molecule has 0 saturated carbocycles. The fraction of sp³-hybridized carbons (Fsp3) is 0. The maximum atomic E-state index is 11.1. The molecule has 8 aromatic rings. The smallest absolute Gasteiger partial charge is 0.504 e. The molecule has 1 aliphatic heterocycles. The van der Waals surface area contributed by atoms with Gasteiger partial charge in [0.1, 0.15) is 17.2 Å². The third-order valence-electron chi connectivity index (χ3n) is 9.01. The van der Waals surface area contributed by atoms with E-state index in [-0.39, 0.29) is 66.0 Å². The summed E-state index contributed by atoms with van der Waals surface area (Å²) in [5.41, 5.74) is 0. The second-order valence-corrected chi connectivity index (χ2v) is 20.2. The van der Waals surface area contributed by atoms with Crippen molar-refractivity contribution >= 4 is 31.9 Å². The summed E-state index contributed by atoms with van der Waals surface area (Å²) in [6, 6.07) is 57.5. The van der Waals surface area contributed by atoms with Crippen LogP contribution in [0.5, 0.6) is 80.5 Å². The SMILES string of the molecule is Oc1ccccc1Oc1ccc(OP2(Oc3ccccc3)=NP=N[P+](Oc3ccccc3)=NP(Oc3ccccc3)(Oc3ccccc3)=N2)c(Oc2ccccc2O)c1Oc1ccccc1O. The molecule has 1 heterocycles. The van der Waals surface area contributed by atoms with Crippen LogP contribution < -0.4 is 36.8 Å². The summed E-state index contributed by atoms with van der Waals surface area (Å²) < 4.78 is 73.3. The zero-order valence-corrected chi connectivity index (χ0v) is 38.4. The lowest BCUT2D eigenvalue weighted by molar-refractivity contribution is 0.345. The van der Waals surface area contributed by atoms with Crippen LogP contribution in [-0.2, 0) is 0 Å². The van der Waals surface area contributed by atoms with E-state index in [4.69, 9.17) is 54.9 Å². The highest BCUT2D eigenvalue weighted by Gasteiger charge is 2.44. The van der Waals surface area contributed by atoms with E-state index < -0.39 is 23.4 Å². The normalized spacial score (nSPS) is 15.7. The first-order chi connectivity index (χ1) is 32.8. The van der Waals surface area contributed by atoms with Gasteiger partial charge in [-0.2, -0.15) is 0 Å². The predicted molar refractivity (Wildman–Crippen MR) is 257 cm³/mol. The van der Waals surface area contributed by atoms with Gasteiger partial charge in [-0.05, 0) is 97.1 Å². The van der Waals surface area contributed by atoms with Crippen molar-refractivity contribution in [3.05, 3.63) is 206 Å². The largest absolute Gasteiger partial charge is 0.602 e. The summed E-state index contributed by atoms with van der Waals surface area (Å²) in [7, 11) is -10.5.